The van der Waals surface area contributed by atoms with Crippen LogP contribution in [0.5, 0.6) is 0 Å². The Morgan fingerprint density at radius 3 is 2.25 bits per heavy atom. The Bertz CT molecular complexity index is 181. The molecule has 16 heavy (non-hydrogen) atoms. The zero-order valence-corrected chi connectivity index (χ0v) is 12.6. The van der Waals surface area contributed by atoms with Crippen molar-refractivity contribution in [3.8, 4) is 0 Å². The van der Waals surface area contributed by atoms with Gasteiger partial charge in [-0.3, -0.25) is 4.79 Å². The van der Waals surface area contributed by atoms with Crippen LogP contribution in [-0.4, -0.2) is 28.7 Å². The lowest BCUT2D eigenvalue weighted by Gasteiger charge is -2.30. The lowest BCUT2D eigenvalue weighted by atomic mass is 10.1. The van der Waals surface area contributed by atoms with Crippen LogP contribution in [0.2, 0.25) is 0 Å². The van der Waals surface area contributed by atoms with Gasteiger partial charge in [0, 0.05) is 24.3 Å². The van der Waals surface area contributed by atoms with E-state index in [0.717, 1.165) is 44.0 Å². The minimum Gasteiger partial charge on any atom is -0.339 e. The SMILES string of the molecule is CCCCCC(=O)N(CCBr)C(CC)CC. The lowest BCUT2D eigenvalue weighted by Crippen LogP contribution is -2.40. The van der Waals surface area contributed by atoms with Gasteiger partial charge in [-0.2, -0.15) is 0 Å². The lowest BCUT2D eigenvalue weighted by molar-refractivity contribution is -0.133. The van der Waals surface area contributed by atoms with Gasteiger partial charge in [-0.1, -0.05) is 49.5 Å². The molecule has 0 aromatic rings. The molecule has 0 aromatic carbocycles. The third-order valence-corrected chi connectivity index (χ3v) is 3.38. The number of nitrogens with zero attached hydrogens (tertiary/aromatic N) is 1. The van der Waals surface area contributed by atoms with Gasteiger partial charge in [0.05, 0.1) is 0 Å². The predicted molar refractivity (Wildman–Crippen MR) is 74.0 cm³/mol. The predicted octanol–water partition coefficient (Wildman–Crippen LogP) is 3.98. The van der Waals surface area contributed by atoms with Crippen LogP contribution in [0.1, 0.15) is 59.3 Å². The van der Waals surface area contributed by atoms with E-state index >= 15 is 0 Å². The van der Waals surface area contributed by atoms with Crippen LogP contribution in [0.3, 0.4) is 0 Å². The molecule has 0 spiro atoms. The highest BCUT2D eigenvalue weighted by atomic mass is 79.9. The van der Waals surface area contributed by atoms with Crippen LogP contribution in [0.4, 0.5) is 0 Å². The molecule has 0 bridgehead atoms. The van der Waals surface area contributed by atoms with Gasteiger partial charge in [0.1, 0.15) is 0 Å². The Morgan fingerprint density at radius 2 is 1.81 bits per heavy atom. The van der Waals surface area contributed by atoms with E-state index in [9.17, 15) is 4.79 Å². The van der Waals surface area contributed by atoms with E-state index in [0.29, 0.717) is 11.9 Å². The number of carbonyl (C=O) groups is 1. The fraction of sp³-hybridized carbons (Fsp3) is 0.923. The standard InChI is InChI=1S/C13H26BrNO/c1-4-7-8-9-13(16)15(11-10-14)12(5-2)6-3/h12H,4-11H2,1-3H3. The summed E-state index contributed by atoms with van der Waals surface area (Å²) in [5.74, 6) is 0.335. The van der Waals surface area contributed by atoms with E-state index in [-0.39, 0.29) is 0 Å². The monoisotopic (exact) mass is 291 g/mol. The van der Waals surface area contributed by atoms with Crippen LogP contribution >= 0.6 is 15.9 Å². The maximum atomic E-state index is 12.1. The van der Waals surface area contributed by atoms with Crippen LogP contribution in [0.15, 0.2) is 0 Å². The van der Waals surface area contributed by atoms with Gasteiger partial charge in [-0.25, -0.2) is 0 Å². The Labute approximate surface area is 109 Å². The summed E-state index contributed by atoms with van der Waals surface area (Å²) in [5.41, 5.74) is 0. The second-order valence-electron chi connectivity index (χ2n) is 4.20. The van der Waals surface area contributed by atoms with Crippen molar-refractivity contribution in [2.45, 2.75) is 65.3 Å². The number of amides is 1. The topological polar surface area (TPSA) is 20.3 Å². The molecular formula is C13H26BrNO. The molecule has 0 rings (SSSR count). The maximum Gasteiger partial charge on any atom is 0.222 e. The Hall–Kier alpha value is -0.0500. The van der Waals surface area contributed by atoms with Crippen LogP contribution in [-0.2, 0) is 4.79 Å². The molecule has 0 saturated carbocycles. The molecule has 0 aliphatic rings. The van der Waals surface area contributed by atoms with Crippen LogP contribution in [0, 0.1) is 0 Å². The average molecular weight is 292 g/mol. The molecule has 0 aliphatic heterocycles. The molecule has 1 amide bonds. The van der Waals surface area contributed by atoms with Crippen molar-refractivity contribution in [2.24, 2.45) is 0 Å². The third-order valence-electron chi connectivity index (χ3n) is 3.02. The first-order chi connectivity index (χ1) is 7.71. The average Bonchev–Trinajstić information content (AvgIpc) is 2.29. The normalized spacial score (nSPS) is 10.8. The first-order valence-corrected chi connectivity index (χ1v) is 7.68. The molecule has 0 heterocycles. The van der Waals surface area contributed by atoms with Crippen LogP contribution < -0.4 is 0 Å². The zero-order valence-electron chi connectivity index (χ0n) is 11.0. The van der Waals surface area contributed by atoms with Gasteiger partial charge >= 0.3 is 0 Å². The fourth-order valence-corrected chi connectivity index (χ4v) is 2.38. The molecule has 0 aliphatic carbocycles. The number of hydrogen-bond donors (Lipinski definition) is 0. The number of unbranched alkanes of at least 4 members (excludes halogenated alkanes) is 2. The number of halogens is 1. The highest BCUT2D eigenvalue weighted by Crippen LogP contribution is 2.12. The molecule has 0 saturated heterocycles. The second-order valence-corrected chi connectivity index (χ2v) is 5.00. The molecule has 0 radical (unpaired) electrons. The summed E-state index contributed by atoms with van der Waals surface area (Å²) < 4.78 is 0. The maximum absolute atomic E-state index is 12.1. The zero-order chi connectivity index (χ0) is 12.4. The third kappa shape index (κ3) is 5.88. The summed E-state index contributed by atoms with van der Waals surface area (Å²) in [6.45, 7) is 7.34. The van der Waals surface area contributed by atoms with Gasteiger partial charge in [-0.15, -0.1) is 0 Å². The van der Waals surface area contributed by atoms with Gasteiger partial charge in [-0.05, 0) is 19.3 Å². The minimum atomic E-state index is 0.335. The van der Waals surface area contributed by atoms with Gasteiger partial charge in [0.15, 0.2) is 0 Å². The molecule has 0 fully saturated rings. The van der Waals surface area contributed by atoms with Crippen molar-refractivity contribution in [3.05, 3.63) is 0 Å². The highest BCUT2D eigenvalue weighted by Gasteiger charge is 2.19. The number of carbonyl (C=O) groups excluding carboxylic acids is 1. The van der Waals surface area contributed by atoms with Crippen molar-refractivity contribution in [2.75, 3.05) is 11.9 Å². The van der Waals surface area contributed by atoms with Crippen molar-refractivity contribution >= 4 is 21.8 Å². The van der Waals surface area contributed by atoms with Gasteiger partial charge in [0.25, 0.3) is 0 Å². The minimum absolute atomic E-state index is 0.335. The Morgan fingerprint density at radius 1 is 1.19 bits per heavy atom. The molecule has 96 valence electrons. The highest BCUT2D eigenvalue weighted by molar-refractivity contribution is 9.09. The van der Waals surface area contributed by atoms with Gasteiger partial charge in [0.2, 0.25) is 5.91 Å². The molecule has 2 nitrogen and oxygen atoms in total. The molecule has 0 unspecified atom stereocenters. The smallest absolute Gasteiger partial charge is 0.222 e. The largest absolute Gasteiger partial charge is 0.339 e. The van der Waals surface area contributed by atoms with Crippen molar-refractivity contribution in [1.82, 2.24) is 4.90 Å². The van der Waals surface area contributed by atoms with Crippen LogP contribution in [0.25, 0.3) is 0 Å². The summed E-state index contributed by atoms with van der Waals surface area (Å²) in [7, 11) is 0. The summed E-state index contributed by atoms with van der Waals surface area (Å²) in [6.07, 6.45) is 6.21. The quantitative estimate of drug-likeness (QED) is 0.465. The van der Waals surface area contributed by atoms with E-state index in [1.807, 2.05) is 0 Å². The van der Waals surface area contributed by atoms with E-state index in [1.54, 1.807) is 0 Å². The number of alkyl halides is 1. The van der Waals surface area contributed by atoms with Crippen molar-refractivity contribution in [3.63, 3.8) is 0 Å². The van der Waals surface area contributed by atoms with Crippen molar-refractivity contribution < 1.29 is 4.79 Å². The molecule has 0 N–H and O–H groups in total. The first kappa shape index (κ1) is 16.0. The van der Waals surface area contributed by atoms with E-state index in [2.05, 4.69) is 41.6 Å². The first-order valence-electron chi connectivity index (χ1n) is 6.56. The molecule has 0 atom stereocenters. The number of rotatable bonds is 9. The van der Waals surface area contributed by atoms with E-state index < -0.39 is 0 Å². The van der Waals surface area contributed by atoms with E-state index in [1.165, 1.54) is 6.42 Å². The summed E-state index contributed by atoms with van der Waals surface area (Å²) in [5, 5.41) is 0.878. The Kier molecular flexibility index (Phi) is 10.1. The molecular weight excluding hydrogens is 266 g/mol. The van der Waals surface area contributed by atoms with Crippen molar-refractivity contribution in [1.29, 1.82) is 0 Å². The fourth-order valence-electron chi connectivity index (χ4n) is 2.00. The second kappa shape index (κ2) is 10.1. The molecule has 0 aromatic heterocycles. The van der Waals surface area contributed by atoms with E-state index in [4.69, 9.17) is 0 Å². The van der Waals surface area contributed by atoms with Gasteiger partial charge < -0.3 is 4.90 Å². The summed E-state index contributed by atoms with van der Waals surface area (Å²) in [6, 6.07) is 0.423. The Balaban J connectivity index is 4.21. The summed E-state index contributed by atoms with van der Waals surface area (Å²) in [4.78, 5) is 14.1. The molecule has 3 heteroatoms. The summed E-state index contributed by atoms with van der Waals surface area (Å²) >= 11 is 3.43. The number of hydrogen-bond acceptors (Lipinski definition) is 1.